The molecular weight excluding hydrogens is 278 g/mol. The number of rotatable bonds is 5. The van der Waals surface area contributed by atoms with Crippen molar-refractivity contribution < 1.29 is 0 Å². The number of hydrogen-bond acceptors (Lipinski definition) is 3. The van der Waals surface area contributed by atoms with Gasteiger partial charge in [0.2, 0.25) is 0 Å². The third kappa shape index (κ3) is 3.93. The van der Waals surface area contributed by atoms with Crippen molar-refractivity contribution in [3.8, 4) is 0 Å². The molecule has 0 aliphatic rings. The van der Waals surface area contributed by atoms with Gasteiger partial charge < -0.3 is 5.32 Å². The van der Waals surface area contributed by atoms with E-state index in [1.54, 1.807) is 0 Å². The number of hydrogen-bond donors (Lipinski definition) is 1. The van der Waals surface area contributed by atoms with E-state index in [2.05, 4.69) is 47.4 Å². The van der Waals surface area contributed by atoms with Crippen LogP contribution in [0.5, 0.6) is 0 Å². The van der Waals surface area contributed by atoms with E-state index in [0.717, 1.165) is 13.1 Å². The minimum atomic E-state index is 0.694. The van der Waals surface area contributed by atoms with Gasteiger partial charge in [-0.2, -0.15) is 11.8 Å². The number of halogens is 1. The summed E-state index contributed by atoms with van der Waals surface area (Å²) in [6.45, 7) is 6.44. The first-order valence-corrected chi connectivity index (χ1v) is 7.51. The second kappa shape index (κ2) is 6.16. The van der Waals surface area contributed by atoms with Gasteiger partial charge in [0.15, 0.2) is 0 Å². The van der Waals surface area contributed by atoms with Crippen LogP contribution >= 0.6 is 39.0 Å². The van der Waals surface area contributed by atoms with E-state index in [1.165, 1.54) is 14.2 Å². The Balaban J connectivity index is 2.31. The predicted molar refractivity (Wildman–Crippen MR) is 71.4 cm³/mol. The predicted octanol–water partition coefficient (Wildman–Crippen LogP) is 3.66. The third-order valence-electron chi connectivity index (χ3n) is 2.04. The summed E-state index contributed by atoms with van der Waals surface area (Å²) in [6.07, 6.45) is 2.15. The van der Waals surface area contributed by atoms with Crippen LogP contribution in [0.25, 0.3) is 0 Å². The van der Waals surface area contributed by atoms with Gasteiger partial charge in [0.05, 0.1) is 3.79 Å². The maximum Gasteiger partial charge on any atom is 0.0730 e. The average Bonchev–Trinajstić information content (AvgIpc) is 2.46. The number of thioether (sulfide) groups is 1. The molecule has 0 radical (unpaired) electrons. The number of nitrogens with one attached hydrogen (secondary N) is 1. The maximum absolute atomic E-state index is 3.54. The molecule has 1 aromatic heterocycles. The molecule has 1 N–H and O–H groups in total. The Morgan fingerprint density at radius 1 is 1.64 bits per heavy atom. The van der Waals surface area contributed by atoms with E-state index in [-0.39, 0.29) is 0 Å². The Morgan fingerprint density at radius 2 is 2.36 bits per heavy atom. The molecule has 0 aromatic carbocycles. The van der Waals surface area contributed by atoms with Crippen LogP contribution in [0, 0.1) is 6.92 Å². The van der Waals surface area contributed by atoms with Gasteiger partial charge in [0, 0.05) is 23.2 Å². The molecule has 0 aliphatic heterocycles. The normalized spacial score (nSPS) is 13.1. The van der Waals surface area contributed by atoms with Crippen LogP contribution in [-0.2, 0) is 6.54 Å². The average molecular weight is 294 g/mol. The quantitative estimate of drug-likeness (QED) is 0.889. The van der Waals surface area contributed by atoms with Gasteiger partial charge in [0.25, 0.3) is 0 Å². The minimum absolute atomic E-state index is 0.694. The van der Waals surface area contributed by atoms with Crippen molar-refractivity contribution >= 4 is 39.0 Å². The van der Waals surface area contributed by atoms with E-state index in [4.69, 9.17) is 0 Å². The molecule has 14 heavy (non-hydrogen) atoms. The molecule has 1 aromatic rings. The standard InChI is InChI=1S/C10H16BrNS2/c1-7-4-9(14-10(7)11)6-12-5-8(2)13-3/h4,8,12H,5-6H2,1-3H3. The van der Waals surface area contributed by atoms with Gasteiger partial charge in [-0.1, -0.05) is 6.92 Å². The molecule has 1 rings (SSSR count). The van der Waals surface area contributed by atoms with Gasteiger partial charge in [0.1, 0.15) is 0 Å². The lowest BCUT2D eigenvalue weighted by atomic mass is 10.3. The molecule has 80 valence electrons. The van der Waals surface area contributed by atoms with Crippen LogP contribution in [-0.4, -0.2) is 18.1 Å². The monoisotopic (exact) mass is 293 g/mol. The fourth-order valence-corrected chi connectivity index (χ4v) is 2.98. The highest BCUT2D eigenvalue weighted by molar-refractivity contribution is 9.11. The van der Waals surface area contributed by atoms with Crippen molar-refractivity contribution in [3.63, 3.8) is 0 Å². The Hall–Kier alpha value is 0.490. The Kier molecular flexibility index (Phi) is 5.52. The zero-order valence-electron chi connectivity index (χ0n) is 8.76. The molecule has 0 fully saturated rings. The summed E-state index contributed by atoms with van der Waals surface area (Å²) in [6, 6.07) is 2.24. The van der Waals surface area contributed by atoms with Crippen molar-refractivity contribution in [2.24, 2.45) is 0 Å². The lowest BCUT2D eigenvalue weighted by Crippen LogP contribution is -2.21. The third-order valence-corrected chi connectivity index (χ3v) is 5.15. The lowest BCUT2D eigenvalue weighted by Gasteiger charge is -2.08. The molecule has 0 aliphatic carbocycles. The van der Waals surface area contributed by atoms with E-state index < -0.39 is 0 Å². The van der Waals surface area contributed by atoms with Gasteiger partial charge in [-0.3, -0.25) is 0 Å². The topological polar surface area (TPSA) is 12.0 Å². The second-order valence-electron chi connectivity index (χ2n) is 3.35. The van der Waals surface area contributed by atoms with Crippen molar-refractivity contribution in [1.82, 2.24) is 5.32 Å². The van der Waals surface area contributed by atoms with E-state index >= 15 is 0 Å². The highest BCUT2D eigenvalue weighted by atomic mass is 79.9. The van der Waals surface area contributed by atoms with Crippen LogP contribution in [0.3, 0.4) is 0 Å². The summed E-state index contributed by atoms with van der Waals surface area (Å²) in [4.78, 5) is 1.41. The molecule has 0 saturated carbocycles. The van der Waals surface area contributed by atoms with Gasteiger partial charge in [-0.05, 0) is 40.7 Å². The lowest BCUT2D eigenvalue weighted by molar-refractivity contribution is 0.691. The molecule has 0 saturated heterocycles. The summed E-state index contributed by atoms with van der Waals surface area (Å²) in [5.41, 5.74) is 1.34. The first kappa shape index (κ1) is 12.6. The highest BCUT2D eigenvalue weighted by Gasteiger charge is 2.03. The summed E-state index contributed by atoms with van der Waals surface area (Å²) in [7, 11) is 0. The van der Waals surface area contributed by atoms with Crippen molar-refractivity contribution in [1.29, 1.82) is 0 Å². The van der Waals surface area contributed by atoms with Crippen LogP contribution in [0.2, 0.25) is 0 Å². The van der Waals surface area contributed by atoms with E-state index in [1.807, 2.05) is 23.1 Å². The zero-order valence-corrected chi connectivity index (χ0v) is 12.0. The van der Waals surface area contributed by atoms with Crippen LogP contribution in [0.15, 0.2) is 9.85 Å². The Bertz CT molecular complexity index is 266. The fourth-order valence-electron chi connectivity index (χ4n) is 1.09. The van der Waals surface area contributed by atoms with Crippen molar-refractivity contribution in [2.45, 2.75) is 25.6 Å². The van der Waals surface area contributed by atoms with Crippen molar-refractivity contribution in [3.05, 3.63) is 20.3 Å². The second-order valence-corrected chi connectivity index (χ2v) is 7.08. The zero-order chi connectivity index (χ0) is 10.6. The smallest absolute Gasteiger partial charge is 0.0730 e. The van der Waals surface area contributed by atoms with Gasteiger partial charge in [-0.25, -0.2) is 0 Å². The van der Waals surface area contributed by atoms with Crippen LogP contribution in [0.4, 0.5) is 0 Å². The largest absolute Gasteiger partial charge is 0.311 e. The Labute approximate surface area is 103 Å². The summed E-state index contributed by atoms with van der Waals surface area (Å²) >= 11 is 7.26. The SMILES string of the molecule is CSC(C)CNCc1cc(C)c(Br)s1. The molecule has 1 unspecified atom stereocenters. The summed E-state index contributed by atoms with van der Waals surface area (Å²) in [5.74, 6) is 0. The first-order chi connectivity index (χ1) is 6.63. The molecule has 1 nitrogen and oxygen atoms in total. The van der Waals surface area contributed by atoms with Crippen LogP contribution in [0.1, 0.15) is 17.4 Å². The first-order valence-electron chi connectivity index (χ1n) is 4.61. The summed E-state index contributed by atoms with van der Waals surface area (Å²) in [5, 5.41) is 4.16. The molecule has 1 heterocycles. The molecular formula is C10H16BrNS2. The molecule has 0 bridgehead atoms. The molecule has 0 amide bonds. The van der Waals surface area contributed by atoms with Crippen LogP contribution < -0.4 is 5.32 Å². The Morgan fingerprint density at radius 3 is 2.86 bits per heavy atom. The highest BCUT2D eigenvalue weighted by Crippen LogP contribution is 2.27. The number of aryl methyl sites for hydroxylation is 1. The fraction of sp³-hybridized carbons (Fsp3) is 0.600. The van der Waals surface area contributed by atoms with Gasteiger partial charge in [-0.15, -0.1) is 11.3 Å². The molecule has 1 atom stereocenters. The molecule has 4 heteroatoms. The summed E-state index contributed by atoms with van der Waals surface area (Å²) < 4.78 is 1.26. The minimum Gasteiger partial charge on any atom is -0.311 e. The maximum atomic E-state index is 3.54. The van der Waals surface area contributed by atoms with E-state index in [9.17, 15) is 0 Å². The van der Waals surface area contributed by atoms with Crippen molar-refractivity contribution in [2.75, 3.05) is 12.8 Å². The van der Waals surface area contributed by atoms with Gasteiger partial charge >= 0.3 is 0 Å². The molecule has 0 spiro atoms. The van der Waals surface area contributed by atoms with E-state index in [0.29, 0.717) is 5.25 Å². The number of thiophene rings is 1.